The van der Waals surface area contributed by atoms with Gasteiger partial charge in [-0.1, -0.05) is 13.8 Å². The summed E-state index contributed by atoms with van der Waals surface area (Å²) in [5.41, 5.74) is 0. The minimum atomic E-state index is -1.09. The molecule has 0 atom stereocenters. The summed E-state index contributed by atoms with van der Waals surface area (Å²) in [4.78, 5) is 35.5. The fourth-order valence-electron chi connectivity index (χ4n) is 1.77. The zero-order valence-corrected chi connectivity index (χ0v) is 12.7. The molecule has 0 bridgehead atoms. The number of furan rings is 1. The highest BCUT2D eigenvalue weighted by molar-refractivity contribution is 5.86. The average Bonchev–Trinajstić information content (AvgIpc) is 2.94. The molecule has 0 aromatic carbocycles. The van der Waals surface area contributed by atoms with Crippen molar-refractivity contribution in [1.82, 2.24) is 15.5 Å². The van der Waals surface area contributed by atoms with Crippen LogP contribution in [-0.2, 0) is 16.1 Å². The van der Waals surface area contributed by atoms with Crippen LogP contribution in [0.25, 0.3) is 0 Å². The Morgan fingerprint density at radius 1 is 1.32 bits per heavy atom. The van der Waals surface area contributed by atoms with Crippen molar-refractivity contribution in [2.24, 2.45) is 5.92 Å². The number of carboxylic acid groups (broad SMARTS) is 1. The van der Waals surface area contributed by atoms with E-state index < -0.39 is 17.9 Å². The van der Waals surface area contributed by atoms with Crippen molar-refractivity contribution >= 4 is 17.9 Å². The summed E-state index contributed by atoms with van der Waals surface area (Å²) in [7, 11) is 0. The predicted octanol–water partition coefficient (Wildman–Crippen LogP) is 0.648. The molecule has 0 aliphatic heterocycles. The molecule has 0 radical (unpaired) electrons. The summed E-state index contributed by atoms with van der Waals surface area (Å²) in [6.45, 7) is 3.65. The normalized spacial score (nSPS) is 10.3. The van der Waals surface area contributed by atoms with Crippen LogP contribution in [0.5, 0.6) is 0 Å². The van der Waals surface area contributed by atoms with Crippen molar-refractivity contribution in [3.8, 4) is 0 Å². The summed E-state index contributed by atoms with van der Waals surface area (Å²) in [6, 6.07) is 2.89. The molecule has 1 aromatic heterocycles. The molecule has 22 heavy (non-hydrogen) atoms. The molecule has 1 aromatic rings. The van der Waals surface area contributed by atoms with Crippen LogP contribution in [-0.4, -0.2) is 47.5 Å². The van der Waals surface area contributed by atoms with Crippen LogP contribution in [0.2, 0.25) is 0 Å². The average molecular weight is 311 g/mol. The number of carbonyl (C=O) groups excluding carboxylic acids is 2. The third kappa shape index (κ3) is 6.78. The van der Waals surface area contributed by atoms with Gasteiger partial charge in [0.2, 0.25) is 5.91 Å². The summed E-state index contributed by atoms with van der Waals surface area (Å²) in [6.07, 6.45) is 1.49. The highest BCUT2D eigenvalue weighted by Gasteiger charge is 2.18. The van der Waals surface area contributed by atoms with E-state index in [-0.39, 0.29) is 25.6 Å². The van der Waals surface area contributed by atoms with E-state index >= 15 is 0 Å². The predicted molar refractivity (Wildman–Crippen MR) is 78.0 cm³/mol. The maximum Gasteiger partial charge on any atom is 0.323 e. The number of carboxylic acids is 1. The summed E-state index contributed by atoms with van der Waals surface area (Å²) >= 11 is 0. The summed E-state index contributed by atoms with van der Waals surface area (Å²) < 4.78 is 5.05. The van der Waals surface area contributed by atoms with Crippen molar-refractivity contribution < 1.29 is 23.9 Å². The van der Waals surface area contributed by atoms with Crippen LogP contribution in [0, 0.1) is 5.92 Å². The first-order valence-corrected chi connectivity index (χ1v) is 6.92. The third-order valence-electron chi connectivity index (χ3n) is 2.67. The zero-order valence-electron chi connectivity index (χ0n) is 12.7. The number of urea groups is 1. The maximum absolute atomic E-state index is 12.0. The van der Waals surface area contributed by atoms with E-state index in [1.54, 1.807) is 12.1 Å². The van der Waals surface area contributed by atoms with Gasteiger partial charge in [-0.05, 0) is 18.1 Å². The van der Waals surface area contributed by atoms with E-state index in [4.69, 9.17) is 9.52 Å². The molecular weight excluding hydrogens is 290 g/mol. The highest BCUT2D eigenvalue weighted by atomic mass is 16.4. The monoisotopic (exact) mass is 311 g/mol. The number of rotatable bonds is 8. The topological polar surface area (TPSA) is 112 Å². The molecule has 0 saturated carbocycles. The van der Waals surface area contributed by atoms with Crippen LogP contribution in [0.4, 0.5) is 4.79 Å². The molecule has 8 heteroatoms. The second-order valence-electron chi connectivity index (χ2n) is 5.18. The van der Waals surface area contributed by atoms with E-state index in [9.17, 15) is 14.4 Å². The Kier molecular flexibility index (Phi) is 6.94. The molecule has 0 aliphatic carbocycles. The minimum absolute atomic E-state index is 0.135. The van der Waals surface area contributed by atoms with Crippen LogP contribution in [0.1, 0.15) is 19.6 Å². The van der Waals surface area contributed by atoms with Crippen LogP contribution >= 0.6 is 0 Å². The van der Waals surface area contributed by atoms with Gasteiger partial charge in [0.15, 0.2) is 0 Å². The molecule has 0 aliphatic rings. The van der Waals surface area contributed by atoms with Gasteiger partial charge in [0.1, 0.15) is 12.3 Å². The zero-order chi connectivity index (χ0) is 16.5. The lowest BCUT2D eigenvalue weighted by molar-refractivity contribution is -0.144. The molecule has 1 heterocycles. The number of amides is 3. The molecule has 1 rings (SSSR count). The Balaban J connectivity index is 2.37. The van der Waals surface area contributed by atoms with E-state index in [0.29, 0.717) is 12.3 Å². The first-order chi connectivity index (χ1) is 10.4. The molecule has 3 amide bonds. The van der Waals surface area contributed by atoms with Crippen molar-refractivity contribution in [2.45, 2.75) is 20.4 Å². The Morgan fingerprint density at radius 2 is 2.05 bits per heavy atom. The number of carbonyl (C=O) groups is 3. The van der Waals surface area contributed by atoms with Gasteiger partial charge in [0.25, 0.3) is 0 Å². The first kappa shape index (κ1) is 17.5. The molecule has 0 unspecified atom stereocenters. The Labute approximate surface area is 128 Å². The van der Waals surface area contributed by atoms with Gasteiger partial charge in [0.05, 0.1) is 19.4 Å². The SMILES string of the molecule is CC(C)CN(CC(=O)O)C(=O)CNC(=O)NCc1ccco1. The molecule has 0 fully saturated rings. The molecule has 0 spiro atoms. The van der Waals surface area contributed by atoms with Gasteiger partial charge in [-0.25, -0.2) is 4.79 Å². The maximum atomic E-state index is 12.0. The quantitative estimate of drug-likeness (QED) is 0.652. The number of hydrogen-bond acceptors (Lipinski definition) is 4. The molecule has 8 nitrogen and oxygen atoms in total. The van der Waals surface area contributed by atoms with E-state index in [1.165, 1.54) is 11.2 Å². The van der Waals surface area contributed by atoms with Crippen LogP contribution < -0.4 is 10.6 Å². The number of hydrogen-bond donors (Lipinski definition) is 3. The lowest BCUT2D eigenvalue weighted by Crippen LogP contribution is -2.46. The Bertz CT molecular complexity index is 499. The smallest absolute Gasteiger partial charge is 0.323 e. The van der Waals surface area contributed by atoms with E-state index in [0.717, 1.165) is 0 Å². The number of aliphatic carboxylic acids is 1. The standard InChI is InChI=1S/C14H21N3O5/c1-10(2)8-17(9-13(19)20)12(18)7-16-14(21)15-6-11-4-3-5-22-11/h3-5,10H,6-9H2,1-2H3,(H,19,20)(H2,15,16,21). The molecule has 0 saturated heterocycles. The first-order valence-electron chi connectivity index (χ1n) is 6.92. The summed E-state index contributed by atoms with van der Waals surface area (Å²) in [5.74, 6) is -0.801. The fraction of sp³-hybridized carbons (Fsp3) is 0.500. The van der Waals surface area contributed by atoms with E-state index in [1.807, 2.05) is 13.8 Å². The van der Waals surface area contributed by atoms with Gasteiger partial charge in [-0.3, -0.25) is 9.59 Å². The van der Waals surface area contributed by atoms with Gasteiger partial charge in [0, 0.05) is 6.54 Å². The third-order valence-corrected chi connectivity index (χ3v) is 2.67. The van der Waals surface area contributed by atoms with Crippen LogP contribution in [0.15, 0.2) is 22.8 Å². The molecule has 3 N–H and O–H groups in total. The summed E-state index contributed by atoms with van der Waals surface area (Å²) in [5, 5.41) is 13.7. The second-order valence-corrected chi connectivity index (χ2v) is 5.18. The largest absolute Gasteiger partial charge is 0.480 e. The highest BCUT2D eigenvalue weighted by Crippen LogP contribution is 2.00. The molecule has 122 valence electrons. The minimum Gasteiger partial charge on any atom is -0.480 e. The van der Waals surface area contributed by atoms with Crippen LogP contribution in [0.3, 0.4) is 0 Å². The van der Waals surface area contributed by atoms with E-state index in [2.05, 4.69) is 10.6 Å². The molecular formula is C14H21N3O5. The van der Waals surface area contributed by atoms with Gasteiger partial charge in [-0.15, -0.1) is 0 Å². The Hall–Kier alpha value is -2.51. The van der Waals surface area contributed by atoms with Gasteiger partial charge < -0.3 is 25.1 Å². The van der Waals surface area contributed by atoms with Gasteiger partial charge >= 0.3 is 12.0 Å². The lowest BCUT2D eigenvalue weighted by Gasteiger charge is -2.22. The fourth-order valence-corrected chi connectivity index (χ4v) is 1.77. The number of nitrogens with zero attached hydrogens (tertiary/aromatic N) is 1. The van der Waals surface area contributed by atoms with Crippen molar-refractivity contribution in [3.63, 3.8) is 0 Å². The van der Waals surface area contributed by atoms with Gasteiger partial charge in [-0.2, -0.15) is 0 Å². The van der Waals surface area contributed by atoms with Crippen molar-refractivity contribution in [2.75, 3.05) is 19.6 Å². The Morgan fingerprint density at radius 3 is 2.59 bits per heavy atom. The lowest BCUT2D eigenvalue weighted by atomic mass is 10.2. The van der Waals surface area contributed by atoms with Crippen molar-refractivity contribution in [1.29, 1.82) is 0 Å². The van der Waals surface area contributed by atoms with Crippen molar-refractivity contribution in [3.05, 3.63) is 24.2 Å². The second kappa shape index (κ2) is 8.71. The number of nitrogens with one attached hydrogen (secondary N) is 2.